The van der Waals surface area contributed by atoms with Gasteiger partial charge in [-0.1, -0.05) is 16.8 Å². The number of carbonyl (C=O) groups excluding carboxylic acids is 1. The van der Waals surface area contributed by atoms with E-state index in [9.17, 15) is 4.79 Å². The molecule has 0 aliphatic carbocycles. The van der Waals surface area contributed by atoms with Gasteiger partial charge in [-0.05, 0) is 36.4 Å². The van der Waals surface area contributed by atoms with Gasteiger partial charge in [0.15, 0.2) is 0 Å². The molecular weight excluding hydrogens is 328 g/mol. The zero-order chi connectivity index (χ0) is 16.5. The zero-order valence-electron chi connectivity index (χ0n) is 12.6. The average molecular weight is 341 g/mol. The lowest BCUT2D eigenvalue weighted by Gasteiger charge is -2.15. The molecule has 1 saturated heterocycles. The van der Waals surface area contributed by atoms with Gasteiger partial charge in [-0.25, -0.2) is 0 Å². The summed E-state index contributed by atoms with van der Waals surface area (Å²) in [5.41, 5.74) is 1.65. The van der Waals surface area contributed by atoms with Gasteiger partial charge in [0.25, 0.3) is 0 Å². The Hall–Kier alpha value is -2.73. The minimum absolute atomic E-state index is 0.0333. The van der Waals surface area contributed by atoms with Gasteiger partial charge in [0.05, 0.1) is 5.92 Å². The predicted molar refractivity (Wildman–Crippen MR) is 88.7 cm³/mol. The molecule has 0 spiro atoms. The molecule has 3 aromatic rings. The van der Waals surface area contributed by atoms with E-state index in [1.165, 1.54) is 0 Å². The molecule has 1 aromatic carbocycles. The highest BCUT2D eigenvalue weighted by Crippen LogP contribution is 2.32. The highest BCUT2D eigenvalue weighted by atomic mass is 35.5. The van der Waals surface area contributed by atoms with Gasteiger partial charge in [0.2, 0.25) is 17.6 Å². The van der Waals surface area contributed by atoms with E-state index in [4.69, 9.17) is 16.1 Å². The van der Waals surface area contributed by atoms with E-state index in [0.29, 0.717) is 29.7 Å². The third kappa shape index (κ3) is 2.76. The molecule has 1 amide bonds. The van der Waals surface area contributed by atoms with Crippen LogP contribution in [-0.2, 0) is 4.79 Å². The van der Waals surface area contributed by atoms with Gasteiger partial charge in [-0.15, -0.1) is 0 Å². The summed E-state index contributed by atoms with van der Waals surface area (Å²) >= 11 is 5.90. The van der Waals surface area contributed by atoms with Crippen LogP contribution in [0.25, 0.3) is 11.4 Å². The first-order valence-electron chi connectivity index (χ1n) is 7.50. The van der Waals surface area contributed by atoms with E-state index in [1.54, 1.807) is 29.4 Å². The third-order valence-electron chi connectivity index (χ3n) is 3.99. The predicted octanol–water partition coefficient (Wildman–Crippen LogP) is 3.31. The number of hydrogen-bond donors (Lipinski definition) is 0. The molecule has 0 N–H and O–H groups in total. The SMILES string of the molecule is O=C1C[C@@H](c2nc(-c3ccncc3)no2)CN1c1ccc(Cl)cc1. The van der Waals surface area contributed by atoms with Gasteiger partial charge in [-0.2, -0.15) is 4.98 Å². The van der Waals surface area contributed by atoms with Crippen molar-refractivity contribution in [2.75, 3.05) is 11.4 Å². The normalized spacial score (nSPS) is 17.5. The second-order valence-electron chi connectivity index (χ2n) is 5.57. The number of anilines is 1. The lowest BCUT2D eigenvalue weighted by molar-refractivity contribution is -0.117. The molecule has 3 heterocycles. The Morgan fingerprint density at radius 1 is 1.12 bits per heavy atom. The maximum absolute atomic E-state index is 12.3. The number of carbonyl (C=O) groups is 1. The minimum atomic E-state index is -0.115. The number of pyridine rings is 1. The first kappa shape index (κ1) is 14.8. The summed E-state index contributed by atoms with van der Waals surface area (Å²) in [4.78, 5) is 22.4. The zero-order valence-corrected chi connectivity index (χ0v) is 13.3. The van der Waals surface area contributed by atoms with E-state index in [1.807, 2.05) is 24.3 Å². The maximum Gasteiger partial charge on any atom is 0.232 e. The molecule has 0 unspecified atom stereocenters. The smallest absolute Gasteiger partial charge is 0.232 e. The van der Waals surface area contributed by atoms with Crippen LogP contribution in [0.3, 0.4) is 0 Å². The van der Waals surface area contributed by atoms with Gasteiger partial charge in [-0.3, -0.25) is 9.78 Å². The van der Waals surface area contributed by atoms with Crippen molar-refractivity contribution >= 4 is 23.2 Å². The van der Waals surface area contributed by atoms with Crippen molar-refractivity contribution in [2.24, 2.45) is 0 Å². The number of amides is 1. The number of halogens is 1. The summed E-state index contributed by atoms with van der Waals surface area (Å²) in [7, 11) is 0. The molecule has 1 aliphatic rings. The Morgan fingerprint density at radius 2 is 1.88 bits per heavy atom. The number of benzene rings is 1. The fourth-order valence-electron chi connectivity index (χ4n) is 2.76. The molecule has 4 rings (SSSR count). The maximum atomic E-state index is 12.3. The van der Waals surface area contributed by atoms with Crippen molar-refractivity contribution in [3.8, 4) is 11.4 Å². The van der Waals surface area contributed by atoms with Crippen LogP contribution in [0.2, 0.25) is 5.02 Å². The van der Waals surface area contributed by atoms with E-state index in [-0.39, 0.29) is 11.8 Å². The summed E-state index contributed by atoms with van der Waals surface area (Å²) in [6.07, 6.45) is 3.69. The van der Waals surface area contributed by atoms with E-state index >= 15 is 0 Å². The number of nitrogens with zero attached hydrogens (tertiary/aromatic N) is 4. The van der Waals surface area contributed by atoms with Gasteiger partial charge < -0.3 is 9.42 Å². The fourth-order valence-corrected chi connectivity index (χ4v) is 2.89. The topological polar surface area (TPSA) is 72.1 Å². The molecule has 0 radical (unpaired) electrons. The van der Waals surface area contributed by atoms with Gasteiger partial charge >= 0.3 is 0 Å². The number of hydrogen-bond acceptors (Lipinski definition) is 5. The first-order valence-corrected chi connectivity index (χ1v) is 7.88. The molecule has 120 valence electrons. The molecule has 1 fully saturated rings. The highest BCUT2D eigenvalue weighted by Gasteiger charge is 2.35. The van der Waals surface area contributed by atoms with Crippen molar-refractivity contribution < 1.29 is 9.32 Å². The van der Waals surface area contributed by atoms with Crippen molar-refractivity contribution in [2.45, 2.75) is 12.3 Å². The Balaban J connectivity index is 1.55. The molecule has 0 saturated carbocycles. The van der Waals surface area contributed by atoms with Crippen LogP contribution < -0.4 is 4.90 Å². The first-order chi connectivity index (χ1) is 11.7. The summed E-state index contributed by atoms with van der Waals surface area (Å²) < 4.78 is 5.37. The monoisotopic (exact) mass is 340 g/mol. The van der Waals surface area contributed by atoms with E-state index < -0.39 is 0 Å². The van der Waals surface area contributed by atoms with E-state index in [0.717, 1.165) is 11.3 Å². The number of aromatic nitrogens is 3. The largest absolute Gasteiger partial charge is 0.339 e. The summed E-state index contributed by atoms with van der Waals surface area (Å²) in [5.74, 6) is 0.902. The molecule has 1 aliphatic heterocycles. The highest BCUT2D eigenvalue weighted by molar-refractivity contribution is 6.30. The third-order valence-corrected chi connectivity index (χ3v) is 4.24. The molecular formula is C17H13ClN4O2. The summed E-state index contributed by atoms with van der Waals surface area (Å²) in [6.45, 7) is 0.512. The molecule has 6 nitrogen and oxygen atoms in total. The quantitative estimate of drug-likeness (QED) is 0.731. The lowest BCUT2D eigenvalue weighted by Crippen LogP contribution is -2.24. The average Bonchev–Trinajstić information content (AvgIpc) is 3.23. The molecule has 1 atom stereocenters. The van der Waals surface area contributed by atoms with Crippen LogP contribution in [0, 0.1) is 0 Å². The number of rotatable bonds is 3. The Labute approximate surface area is 143 Å². The van der Waals surface area contributed by atoms with Crippen LogP contribution in [0.4, 0.5) is 5.69 Å². The summed E-state index contributed by atoms with van der Waals surface area (Å²) in [5, 5.41) is 4.64. The van der Waals surface area contributed by atoms with Crippen molar-refractivity contribution in [3.63, 3.8) is 0 Å². The minimum Gasteiger partial charge on any atom is -0.339 e. The molecule has 7 heteroatoms. The van der Waals surface area contributed by atoms with Crippen LogP contribution >= 0.6 is 11.6 Å². The van der Waals surface area contributed by atoms with E-state index in [2.05, 4.69) is 15.1 Å². The Morgan fingerprint density at radius 3 is 2.62 bits per heavy atom. The Bertz CT molecular complexity index is 864. The van der Waals surface area contributed by atoms with Gasteiger partial charge in [0, 0.05) is 41.6 Å². The summed E-state index contributed by atoms with van der Waals surface area (Å²) in [6, 6.07) is 10.8. The second-order valence-corrected chi connectivity index (χ2v) is 6.01. The molecule has 0 bridgehead atoms. The van der Waals surface area contributed by atoms with Crippen molar-refractivity contribution in [1.82, 2.24) is 15.1 Å². The fraction of sp³-hybridized carbons (Fsp3) is 0.176. The van der Waals surface area contributed by atoms with Crippen LogP contribution in [0.15, 0.2) is 53.3 Å². The molecule has 2 aromatic heterocycles. The van der Waals surface area contributed by atoms with Crippen LogP contribution in [-0.4, -0.2) is 27.6 Å². The van der Waals surface area contributed by atoms with Crippen LogP contribution in [0.1, 0.15) is 18.2 Å². The lowest BCUT2D eigenvalue weighted by atomic mass is 10.1. The second kappa shape index (κ2) is 6.05. The van der Waals surface area contributed by atoms with Gasteiger partial charge in [0.1, 0.15) is 0 Å². The van der Waals surface area contributed by atoms with Crippen LogP contribution in [0.5, 0.6) is 0 Å². The molecule has 24 heavy (non-hydrogen) atoms. The van der Waals surface area contributed by atoms with Crippen molar-refractivity contribution in [1.29, 1.82) is 0 Å². The standard InChI is InChI=1S/C17H13ClN4O2/c18-13-1-3-14(4-2-13)22-10-12(9-15(22)23)17-20-16(21-24-17)11-5-7-19-8-6-11/h1-8,12H,9-10H2/t12-/m1/s1. The Kier molecular flexibility index (Phi) is 3.74. The van der Waals surface area contributed by atoms with Crippen molar-refractivity contribution in [3.05, 3.63) is 59.7 Å².